The molecule has 0 heterocycles. The van der Waals surface area contributed by atoms with Crippen LogP contribution in [0.15, 0.2) is 0 Å². The minimum Gasteiger partial charge on any atom is -0.390 e. The summed E-state index contributed by atoms with van der Waals surface area (Å²) in [5, 5.41) is 21.1. The molecule has 0 aromatic rings. The molecule has 4 aliphatic rings. The first-order valence-corrected chi connectivity index (χ1v) is 12.7. The lowest BCUT2D eigenvalue weighted by atomic mass is 9.39. The van der Waals surface area contributed by atoms with Crippen LogP contribution in [0.1, 0.15) is 98.8 Å². The van der Waals surface area contributed by atoms with Crippen LogP contribution in [0.2, 0.25) is 0 Å². The summed E-state index contributed by atoms with van der Waals surface area (Å²) < 4.78 is 39.8. The molecule has 4 saturated carbocycles. The maximum atomic E-state index is 13.3. The number of aliphatic hydroxyl groups excluding tert-OH is 1. The van der Waals surface area contributed by atoms with Gasteiger partial charge in [-0.05, 0) is 110 Å². The van der Waals surface area contributed by atoms with Crippen LogP contribution in [0.4, 0.5) is 13.2 Å². The summed E-state index contributed by atoms with van der Waals surface area (Å²) in [6.45, 7) is 10.8. The largest absolute Gasteiger partial charge is 0.414 e. The van der Waals surface area contributed by atoms with Crippen molar-refractivity contribution in [3.63, 3.8) is 0 Å². The second-order valence-electron chi connectivity index (χ2n) is 12.7. The molecule has 0 radical (unpaired) electrons. The van der Waals surface area contributed by atoms with Gasteiger partial charge in [-0.25, -0.2) is 0 Å². The highest BCUT2D eigenvalue weighted by atomic mass is 19.4. The molecule has 0 aliphatic heterocycles. The third-order valence-electron chi connectivity index (χ3n) is 11.7. The Morgan fingerprint density at radius 3 is 2.23 bits per heavy atom. The van der Waals surface area contributed by atoms with Crippen molar-refractivity contribution >= 4 is 0 Å². The summed E-state index contributed by atoms with van der Waals surface area (Å²) in [5.41, 5.74) is -0.293. The van der Waals surface area contributed by atoms with Gasteiger partial charge in [-0.2, -0.15) is 13.2 Å². The lowest BCUT2D eigenvalue weighted by Gasteiger charge is -2.66. The number of hydrogen-bond donors (Lipinski definition) is 2. The highest BCUT2D eigenvalue weighted by molar-refractivity contribution is 5.14. The molecule has 0 bridgehead atoms. The van der Waals surface area contributed by atoms with Gasteiger partial charge in [-0.15, -0.1) is 0 Å². The van der Waals surface area contributed by atoms with Crippen LogP contribution in [0, 0.1) is 45.8 Å². The summed E-state index contributed by atoms with van der Waals surface area (Å²) in [4.78, 5) is 0. The predicted molar refractivity (Wildman–Crippen MR) is 116 cm³/mol. The van der Waals surface area contributed by atoms with Crippen molar-refractivity contribution < 1.29 is 23.4 Å². The van der Waals surface area contributed by atoms with Gasteiger partial charge in [-0.1, -0.05) is 34.6 Å². The van der Waals surface area contributed by atoms with E-state index in [9.17, 15) is 23.4 Å². The number of aliphatic hydroxyl groups is 2. The van der Waals surface area contributed by atoms with Crippen molar-refractivity contribution in [3.05, 3.63) is 0 Å². The Morgan fingerprint density at radius 2 is 1.61 bits per heavy atom. The second kappa shape index (κ2) is 7.35. The minimum absolute atomic E-state index is 0.0623. The molecule has 5 heteroatoms. The third kappa shape index (κ3) is 3.42. The van der Waals surface area contributed by atoms with Gasteiger partial charge in [0.25, 0.3) is 0 Å². The monoisotopic (exact) mass is 444 g/mol. The second-order valence-corrected chi connectivity index (χ2v) is 12.7. The van der Waals surface area contributed by atoms with Crippen LogP contribution in [0.5, 0.6) is 0 Å². The highest BCUT2D eigenvalue weighted by Gasteiger charge is 2.65. The van der Waals surface area contributed by atoms with Gasteiger partial charge in [0.05, 0.1) is 5.60 Å². The molecule has 0 aromatic heterocycles. The maximum Gasteiger partial charge on any atom is 0.414 e. The molecule has 31 heavy (non-hydrogen) atoms. The first-order chi connectivity index (χ1) is 14.2. The van der Waals surface area contributed by atoms with Crippen LogP contribution >= 0.6 is 0 Å². The molecule has 0 spiro atoms. The van der Waals surface area contributed by atoms with E-state index in [0.29, 0.717) is 17.8 Å². The van der Waals surface area contributed by atoms with Crippen LogP contribution < -0.4 is 0 Å². The molecule has 4 aliphatic carbocycles. The zero-order chi connectivity index (χ0) is 23.0. The third-order valence-corrected chi connectivity index (χ3v) is 11.7. The minimum atomic E-state index is -4.54. The van der Waals surface area contributed by atoms with E-state index < -0.39 is 23.8 Å². The van der Waals surface area contributed by atoms with Crippen LogP contribution in [-0.4, -0.2) is 28.1 Å². The first kappa shape index (κ1) is 23.9. The standard InChI is InChI=1S/C26H43F3O2/c1-6-25(31)14-13-24(5)20-10-12-23(4)18(16(2)21(30)26(27,28)29)7-8-19(23)17(20)9-11-22(24,3)15-25/h16-21,30-31H,6-15H2,1-5H3/t16-,17-,18+,19-,20-,21+,22+,23+,24+,25-/m0/s1. The van der Waals surface area contributed by atoms with Gasteiger partial charge >= 0.3 is 6.18 Å². The Hall–Kier alpha value is -0.290. The van der Waals surface area contributed by atoms with Gasteiger partial charge in [0.2, 0.25) is 0 Å². The zero-order valence-corrected chi connectivity index (χ0v) is 20.1. The molecule has 0 unspecified atom stereocenters. The molecule has 4 rings (SSSR count). The van der Waals surface area contributed by atoms with E-state index in [1.54, 1.807) is 6.92 Å². The molecular formula is C26H43F3O2. The fraction of sp³-hybridized carbons (Fsp3) is 1.00. The lowest BCUT2D eigenvalue weighted by molar-refractivity contribution is -0.230. The van der Waals surface area contributed by atoms with E-state index in [1.807, 2.05) is 0 Å². The average molecular weight is 445 g/mol. The van der Waals surface area contributed by atoms with Crippen molar-refractivity contribution in [3.8, 4) is 0 Å². The number of rotatable bonds is 3. The number of halogens is 3. The summed E-state index contributed by atoms with van der Waals surface area (Å²) >= 11 is 0. The van der Waals surface area contributed by atoms with Gasteiger partial charge < -0.3 is 10.2 Å². The van der Waals surface area contributed by atoms with E-state index in [4.69, 9.17) is 0 Å². The smallest absolute Gasteiger partial charge is 0.390 e. The zero-order valence-electron chi connectivity index (χ0n) is 20.1. The predicted octanol–water partition coefficient (Wildman–Crippen LogP) is 6.74. The van der Waals surface area contributed by atoms with Crippen molar-refractivity contribution in [1.82, 2.24) is 0 Å². The van der Waals surface area contributed by atoms with Gasteiger partial charge in [0.1, 0.15) is 0 Å². The van der Waals surface area contributed by atoms with E-state index >= 15 is 0 Å². The van der Waals surface area contributed by atoms with Crippen molar-refractivity contribution in [2.75, 3.05) is 0 Å². The van der Waals surface area contributed by atoms with E-state index in [1.165, 1.54) is 0 Å². The Balaban J connectivity index is 1.58. The molecule has 0 saturated heterocycles. The van der Waals surface area contributed by atoms with Gasteiger partial charge in [0, 0.05) is 0 Å². The molecule has 0 aromatic carbocycles. The molecule has 4 fully saturated rings. The fourth-order valence-corrected chi connectivity index (χ4v) is 9.51. The fourth-order valence-electron chi connectivity index (χ4n) is 9.51. The first-order valence-electron chi connectivity index (χ1n) is 12.7. The quantitative estimate of drug-likeness (QED) is 0.506. The summed E-state index contributed by atoms with van der Waals surface area (Å²) in [7, 11) is 0. The van der Waals surface area contributed by atoms with E-state index in [2.05, 4.69) is 27.7 Å². The Bertz CT molecular complexity index is 695. The normalized spacial score (nSPS) is 52.1. The Labute approximate surface area is 186 Å². The molecule has 2 N–H and O–H groups in total. The van der Waals surface area contributed by atoms with Crippen LogP contribution in [0.25, 0.3) is 0 Å². The SMILES string of the molecule is CC[C@]1(O)CC[C@]2(C)[C@H]3CC[C@]4(C)[C@@H]([C@H](C)[C@@H](O)C(F)(F)F)CC[C@H]4[C@@H]3CC[C@]2(C)C1. The topological polar surface area (TPSA) is 40.5 Å². The Kier molecular flexibility index (Phi) is 5.66. The Morgan fingerprint density at radius 1 is 0.935 bits per heavy atom. The number of fused-ring (bicyclic) bond motifs is 5. The summed E-state index contributed by atoms with van der Waals surface area (Å²) in [6.07, 6.45) is 3.00. The highest BCUT2D eigenvalue weighted by Crippen LogP contribution is 2.72. The number of alkyl halides is 3. The molecule has 0 amide bonds. The summed E-state index contributed by atoms with van der Waals surface area (Å²) in [5.74, 6) is 0.836. The molecule has 10 atom stereocenters. The summed E-state index contributed by atoms with van der Waals surface area (Å²) in [6, 6.07) is 0. The lowest BCUT2D eigenvalue weighted by Crippen LogP contribution is -2.60. The molecule has 180 valence electrons. The van der Waals surface area contributed by atoms with E-state index in [0.717, 1.165) is 64.2 Å². The van der Waals surface area contributed by atoms with Crippen molar-refractivity contribution in [1.29, 1.82) is 0 Å². The van der Waals surface area contributed by atoms with E-state index in [-0.39, 0.29) is 22.2 Å². The van der Waals surface area contributed by atoms with Gasteiger partial charge in [0.15, 0.2) is 6.10 Å². The average Bonchev–Trinajstić information content (AvgIpc) is 3.04. The molecular weight excluding hydrogens is 401 g/mol. The van der Waals surface area contributed by atoms with Crippen LogP contribution in [-0.2, 0) is 0 Å². The number of hydrogen-bond acceptors (Lipinski definition) is 2. The molecule has 2 nitrogen and oxygen atoms in total. The van der Waals surface area contributed by atoms with Crippen molar-refractivity contribution in [2.24, 2.45) is 45.8 Å². The maximum absolute atomic E-state index is 13.3. The van der Waals surface area contributed by atoms with Crippen LogP contribution in [0.3, 0.4) is 0 Å². The van der Waals surface area contributed by atoms with Crippen molar-refractivity contribution in [2.45, 2.75) is 117 Å². The van der Waals surface area contributed by atoms with Gasteiger partial charge in [-0.3, -0.25) is 0 Å².